The van der Waals surface area contributed by atoms with Gasteiger partial charge >= 0.3 is 0 Å². The second kappa shape index (κ2) is 4.12. The van der Waals surface area contributed by atoms with Gasteiger partial charge in [-0.05, 0) is 24.1 Å². The lowest BCUT2D eigenvalue weighted by atomic mass is 10.1. The van der Waals surface area contributed by atoms with Crippen LogP contribution in [0.15, 0.2) is 18.2 Å². The molecular weight excluding hydrogens is 152 g/mol. The molecule has 1 rings (SSSR count). The van der Waals surface area contributed by atoms with Gasteiger partial charge in [0, 0.05) is 5.56 Å². The number of aliphatic hydroxyl groups excluding tert-OH is 1. The van der Waals surface area contributed by atoms with E-state index in [0.29, 0.717) is 0 Å². The molecule has 0 saturated heterocycles. The highest BCUT2D eigenvalue weighted by Gasteiger charge is 2.01. The molecule has 0 saturated carbocycles. The van der Waals surface area contributed by atoms with Crippen LogP contribution in [-0.2, 0) is 13.0 Å². The second-order valence-corrected chi connectivity index (χ2v) is 2.66. The van der Waals surface area contributed by atoms with Gasteiger partial charge in [0.1, 0.15) is 5.75 Å². The SMILES string of the molecule is CCc1ccc(OC)c(CO)c1. The van der Waals surface area contributed by atoms with Crippen LogP contribution >= 0.6 is 0 Å². The number of aliphatic hydroxyl groups is 1. The molecule has 0 unspecified atom stereocenters. The summed E-state index contributed by atoms with van der Waals surface area (Å²) in [6, 6.07) is 5.88. The molecule has 0 atom stereocenters. The van der Waals surface area contributed by atoms with E-state index in [-0.39, 0.29) is 6.61 Å². The van der Waals surface area contributed by atoms with Crippen LogP contribution in [0.3, 0.4) is 0 Å². The maximum Gasteiger partial charge on any atom is 0.124 e. The van der Waals surface area contributed by atoms with E-state index in [1.165, 1.54) is 5.56 Å². The summed E-state index contributed by atoms with van der Waals surface area (Å²) in [5.74, 6) is 0.759. The second-order valence-electron chi connectivity index (χ2n) is 2.66. The Morgan fingerprint density at radius 1 is 1.42 bits per heavy atom. The van der Waals surface area contributed by atoms with Crippen LogP contribution < -0.4 is 4.74 Å². The monoisotopic (exact) mass is 166 g/mol. The zero-order valence-electron chi connectivity index (χ0n) is 7.50. The first-order valence-corrected chi connectivity index (χ1v) is 4.08. The molecule has 66 valence electrons. The van der Waals surface area contributed by atoms with Crippen LogP contribution in [-0.4, -0.2) is 12.2 Å². The highest BCUT2D eigenvalue weighted by molar-refractivity contribution is 5.36. The third kappa shape index (κ3) is 1.77. The molecule has 2 heteroatoms. The molecule has 12 heavy (non-hydrogen) atoms. The lowest BCUT2D eigenvalue weighted by Gasteiger charge is -2.07. The molecule has 1 aromatic carbocycles. The summed E-state index contributed by atoms with van der Waals surface area (Å²) in [5, 5.41) is 8.99. The Morgan fingerprint density at radius 2 is 2.17 bits per heavy atom. The number of hydrogen-bond donors (Lipinski definition) is 1. The van der Waals surface area contributed by atoms with E-state index in [4.69, 9.17) is 9.84 Å². The minimum atomic E-state index is 0.0387. The Hall–Kier alpha value is -1.02. The average Bonchev–Trinajstić information content (AvgIpc) is 2.16. The Kier molecular flexibility index (Phi) is 3.11. The smallest absolute Gasteiger partial charge is 0.124 e. The Labute approximate surface area is 72.8 Å². The maximum atomic E-state index is 8.99. The summed E-state index contributed by atoms with van der Waals surface area (Å²) in [6.07, 6.45) is 0.983. The Balaban J connectivity index is 3.02. The van der Waals surface area contributed by atoms with Crippen LogP contribution in [0.1, 0.15) is 18.1 Å². The molecule has 0 aliphatic carbocycles. The molecule has 2 nitrogen and oxygen atoms in total. The molecule has 1 aromatic rings. The molecule has 0 heterocycles. The normalized spacial score (nSPS) is 9.92. The fourth-order valence-electron chi connectivity index (χ4n) is 1.18. The first-order chi connectivity index (χ1) is 5.81. The third-order valence-electron chi connectivity index (χ3n) is 1.92. The van der Waals surface area contributed by atoms with E-state index in [1.54, 1.807) is 7.11 Å². The van der Waals surface area contributed by atoms with Crippen molar-refractivity contribution in [3.05, 3.63) is 29.3 Å². The van der Waals surface area contributed by atoms with E-state index >= 15 is 0 Å². The van der Waals surface area contributed by atoms with Gasteiger partial charge in [0.25, 0.3) is 0 Å². The van der Waals surface area contributed by atoms with Gasteiger partial charge in [-0.2, -0.15) is 0 Å². The summed E-state index contributed by atoms with van der Waals surface area (Å²) in [6.45, 7) is 2.12. The van der Waals surface area contributed by atoms with Gasteiger partial charge in [0.15, 0.2) is 0 Å². The predicted molar refractivity (Wildman–Crippen MR) is 48.3 cm³/mol. The van der Waals surface area contributed by atoms with Crippen LogP contribution in [0.25, 0.3) is 0 Å². The van der Waals surface area contributed by atoms with Crippen molar-refractivity contribution in [3.8, 4) is 5.75 Å². The van der Waals surface area contributed by atoms with E-state index in [2.05, 4.69) is 6.92 Å². The summed E-state index contributed by atoms with van der Waals surface area (Å²) in [7, 11) is 1.61. The van der Waals surface area contributed by atoms with Crippen molar-refractivity contribution in [1.29, 1.82) is 0 Å². The zero-order chi connectivity index (χ0) is 8.97. The van der Waals surface area contributed by atoms with Crippen molar-refractivity contribution < 1.29 is 9.84 Å². The molecule has 0 spiro atoms. The van der Waals surface area contributed by atoms with Crippen LogP contribution in [0.5, 0.6) is 5.75 Å². The summed E-state index contributed by atoms with van der Waals surface area (Å²) in [4.78, 5) is 0. The van der Waals surface area contributed by atoms with Crippen molar-refractivity contribution in [2.75, 3.05) is 7.11 Å². The van der Waals surface area contributed by atoms with E-state index in [9.17, 15) is 0 Å². The number of rotatable bonds is 3. The molecule has 0 radical (unpaired) electrons. The first kappa shape index (κ1) is 9.07. The summed E-state index contributed by atoms with van der Waals surface area (Å²) < 4.78 is 5.08. The number of benzene rings is 1. The van der Waals surface area contributed by atoms with Gasteiger partial charge in [0.05, 0.1) is 13.7 Å². The van der Waals surface area contributed by atoms with Crippen molar-refractivity contribution in [2.45, 2.75) is 20.0 Å². The molecule has 0 aromatic heterocycles. The standard InChI is InChI=1S/C10H14O2/c1-3-8-4-5-10(12-2)9(6-8)7-11/h4-6,11H,3,7H2,1-2H3. The van der Waals surface area contributed by atoms with Gasteiger partial charge in [-0.3, -0.25) is 0 Å². The molecular formula is C10H14O2. The average molecular weight is 166 g/mol. The summed E-state index contributed by atoms with van der Waals surface area (Å²) >= 11 is 0. The van der Waals surface area contributed by atoms with Crippen molar-refractivity contribution in [3.63, 3.8) is 0 Å². The van der Waals surface area contributed by atoms with Gasteiger partial charge < -0.3 is 9.84 Å². The van der Waals surface area contributed by atoms with E-state index in [1.807, 2.05) is 18.2 Å². The van der Waals surface area contributed by atoms with Gasteiger partial charge in [-0.1, -0.05) is 13.0 Å². The predicted octanol–water partition coefficient (Wildman–Crippen LogP) is 1.75. The molecule has 0 fully saturated rings. The lowest BCUT2D eigenvalue weighted by Crippen LogP contribution is -1.93. The highest BCUT2D eigenvalue weighted by atomic mass is 16.5. The van der Waals surface area contributed by atoms with Crippen molar-refractivity contribution in [2.24, 2.45) is 0 Å². The topological polar surface area (TPSA) is 29.5 Å². The molecule has 0 aliphatic heterocycles. The largest absolute Gasteiger partial charge is 0.496 e. The van der Waals surface area contributed by atoms with Gasteiger partial charge in [-0.25, -0.2) is 0 Å². The highest BCUT2D eigenvalue weighted by Crippen LogP contribution is 2.19. The first-order valence-electron chi connectivity index (χ1n) is 4.08. The maximum absolute atomic E-state index is 8.99. The minimum absolute atomic E-state index is 0.0387. The summed E-state index contributed by atoms with van der Waals surface area (Å²) in [5.41, 5.74) is 2.08. The van der Waals surface area contributed by atoms with E-state index in [0.717, 1.165) is 17.7 Å². The molecule has 0 bridgehead atoms. The number of aryl methyl sites for hydroxylation is 1. The Bertz CT molecular complexity index is 256. The lowest BCUT2D eigenvalue weighted by molar-refractivity contribution is 0.273. The van der Waals surface area contributed by atoms with Crippen LogP contribution in [0.2, 0.25) is 0 Å². The van der Waals surface area contributed by atoms with Crippen LogP contribution in [0.4, 0.5) is 0 Å². The molecule has 1 N–H and O–H groups in total. The molecule has 0 amide bonds. The number of hydrogen-bond acceptors (Lipinski definition) is 2. The molecule has 0 aliphatic rings. The minimum Gasteiger partial charge on any atom is -0.496 e. The fraction of sp³-hybridized carbons (Fsp3) is 0.400. The van der Waals surface area contributed by atoms with Gasteiger partial charge in [-0.15, -0.1) is 0 Å². The Morgan fingerprint density at radius 3 is 2.67 bits per heavy atom. The quantitative estimate of drug-likeness (QED) is 0.741. The number of ether oxygens (including phenoxy) is 1. The van der Waals surface area contributed by atoms with Crippen molar-refractivity contribution in [1.82, 2.24) is 0 Å². The van der Waals surface area contributed by atoms with Crippen molar-refractivity contribution >= 4 is 0 Å². The number of methoxy groups -OCH3 is 1. The zero-order valence-corrected chi connectivity index (χ0v) is 7.50. The fourth-order valence-corrected chi connectivity index (χ4v) is 1.18. The van der Waals surface area contributed by atoms with Crippen LogP contribution in [0, 0.1) is 0 Å². The van der Waals surface area contributed by atoms with E-state index < -0.39 is 0 Å². The third-order valence-corrected chi connectivity index (χ3v) is 1.92. The van der Waals surface area contributed by atoms with Gasteiger partial charge in [0.2, 0.25) is 0 Å².